The number of nitrogens with two attached hydrogens (primary N) is 1. The maximum atomic E-state index is 13.1. The molecule has 17 heavy (non-hydrogen) atoms. The summed E-state index contributed by atoms with van der Waals surface area (Å²) in [7, 11) is 0. The quantitative estimate of drug-likeness (QED) is 0.331. The molecule has 1 atom stereocenters. The molecule has 0 aliphatic rings. The average molecular weight is 260 g/mol. The number of halogens is 2. The van der Waals surface area contributed by atoms with Crippen LogP contribution in [0.25, 0.3) is 0 Å². The van der Waals surface area contributed by atoms with Crippen LogP contribution in [0.1, 0.15) is 17.3 Å². The van der Waals surface area contributed by atoms with Crippen LogP contribution in [0.2, 0.25) is 5.02 Å². The third-order valence-corrected chi connectivity index (χ3v) is 2.49. The zero-order valence-electron chi connectivity index (χ0n) is 8.95. The van der Waals surface area contributed by atoms with Gasteiger partial charge in [-0.2, -0.15) is 0 Å². The Kier molecular flexibility index (Phi) is 4.28. The first-order valence-corrected chi connectivity index (χ1v) is 5.07. The van der Waals surface area contributed by atoms with Gasteiger partial charge in [-0.1, -0.05) is 22.8 Å². The third-order valence-electron chi connectivity index (χ3n) is 2.10. The van der Waals surface area contributed by atoms with Crippen LogP contribution < -0.4 is 11.1 Å². The fourth-order valence-corrected chi connectivity index (χ4v) is 1.33. The highest BCUT2D eigenvalue weighted by atomic mass is 35.5. The summed E-state index contributed by atoms with van der Waals surface area (Å²) < 4.78 is 13.1. The maximum absolute atomic E-state index is 13.1. The topological polar surface area (TPSA) is 87.7 Å². The summed E-state index contributed by atoms with van der Waals surface area (Å²) in [5.74, 6) is -1.45. The van der Waals surface area contributed by atoms with Gasteiger partial charge in [0.15, 0.2) is 5.84 Å². The predicted molar refractivity (Wildman–Crippen MR) is 61.7 cm³/mol. The van der Waals surface area contributed by atoms with Crippen LogP contribution in [0.4, 0.5) is 4.39 Å². The highest BCUT2D eigenvalue weighted by Crippen LogP contribution is 2.19. The van der Waals surface area contributed by atoms with Crippen molar-refractivity contribution in [3.8, 4) is 0 Å². The normalized spacial score (nSPS) is 13.2. The zero-order chi connectivity index (χ0) is 13.0. The molecule has 1 aromatic carbocycles. The molecule has 0 saturated heterocycles. The van der Waals surface area contributed by atoms with E-state index in [1.54, 1.807) is 0 Å². The number of oxime groups is 1. The zero-order valence-corrected chi connectivity index (χ0v) is 9.70. The number of carbonyl (C=O) groups is 1. The molecule has 4 N–H and O–H groups in total. The Morgan fingerprint density at radius 3 is 2.88 bits per heavy atom. The Labute approximate surface area is 102 Å². The molecule has 0 fully saturated rings. The van der Waals surface area contributed by atoms with Crippen LogP contribution in [-0.2, 0) is 0 Å². The molecule has 1 aromatic rings. The monoisotopic (exact) mass is 259 g/mol. The summed E-state index contributed by atoms with van der Waals surface area (Å²) in [6.45, 7) is 1.51. The number of amides is 1. The van der Waals surface area contributed by atoms with Gasteiger partial charge in [0.05, 0.1) is 16.6 Å². The Balaban J connectivity index is 2.88. The second-order valence-electron chi connectivity index (χ2n) is 3.32. The van der Waals surface area contributed by atoms with Crippen molar-refractivity contribution in [1.29, 1.82) is 0 Å². The number of nitrogens with zero attached hydrogens (tertiary/aromatic N) is 1. The summed E-state index contributed by atoms with van der Waals surface area (Å²) in [6.07, 6.45) is 0. The van der Waals surface area contributed by atoms with Crippen molar-refractivity contribution in [3.05, 3.63) is 34.6 Å². The SMILES string of the molecule is CC(NC(=O)c1cccc(F)c1Cl)/C(N)=N/O. The number of rotatable bonds is 3. The second-order valence-corrected chi connectivity index (χ2v) is 3.70. The average Bonchev–Trinajstić information content (AvgIpc) is 2.31. The lowest BCUT2D eigenvalue weighted by Crippen LogP contribution is -2.42. The molecule has 5 nitrogen and oxygen atoms in total. The highest BCUT2D eigenvalue weighted by molar-refractivity contribution is 6.34. The minimum Gasteiger partial charge on any atom is -0.409 e. The van der Waals surface area contributed by atoms with Gasteiger partial charge in [-0.15, -0.1) is 0 Å². The third kappa shape index (κ3) is 3.07. The smallest absolute Gasteiger partial charge is 0.253 e. The maximum Gasteiger partial charge on any atom is 0.253 e. The summed E-state index contributed by atoms with van der Waals surface area (Å²) >= 11 is 5.64. The van der Waals surface area contributed by atoms with E-state index in [0.29, 0.717) is 0 Å². The van der Waals surface area contributed by atoms with E-state index in [9.17, 15) is 9.18 Å². The van der Waals surface area contributed by atoms with Crippen molar-refractivity contribution in [2.24, 2.45) is 10.9 Å². The number of nitrogens with one attached hydrogen (secondary N) is 1. The van der Waals surface area contributed by atoms with E-state index in [4.69, 9.17) is 22.5 Å². The molecule has 0 radical (unpaired) electrons. The highest BCUT2D eigenvalue weighted by Gasteiger charge is 2.17. The Bertz CT molecular complexity index is 465. The number of carbonyl (C=O) groups excluding carboxylic acids is 1. The van der Waals surface area contributed by atoms with Crippen LogP contribution in [-0.4, -0.2) is 23.0 Å². The number of hydrogen-bond acceptors (Lipinski definition) is 3. The molecule has 0 aromatic heterocycles. The molecule has 7 heteroatoms. The predicted octanol–water partition coefficient (Wildman–Crippen LogP) is 1.34. The van der Waals surface area contributed by atoms with Gasteiger partial charge >= 0.3 is 0 Å². The molecule has 0 aliphatic carbocycles. The van der Waals surface area contributed by atoms with E-state index in [1.165, 1.54) is 19.1 Å². The molecule has 1 amide bonds. The van der Waals surface area contributed by atoms with E-state index in [-0.39, 0.29) is 16.4 Å². The first-order valence-electron chi connectivity index (χ1n) is 4.69. The molecular weight excluding hydrogens is 249 g/mol. The molecule has 0 heterocycles. The summed E-state index contributed by atoms with van der Waals surface area (Å²) in [5, 5.41) is 13.3. The Morgan fingerprint density at radius 1 is 1.65 bits per heavy atom. The minimum atomic E-state index is -0.688. The van der Waals surface area contributed by atoms with Crippen molar-refractivity contribution in [3.63, 3.8) is 0 Å². The van der Waals surface area contributed by atoms with Crippen LogP contribution in [0.3, 0.4) is 0 Å². The lowest BCUT2D eigenvalue weighted by Gasteiger charge is -2.12. The van der Waals surface area contributed by atoms with Gasteiger partial charge in [0.2, 0.25) is 0 Å². The van der Waals surface area contributed by atoms with Gasteiger partial charge in [0.25, 0.3) is 5.91 Å². The van der Waals surface area contributed by atoms with Gasteiger partial charge in [0.1, 0.15) is 5.82 Å². The lowest BCUT2D eigenvalue weighted by atomic mass is 10.2. The van der Waals surface area contributed by atoms with E-state index in [1.807, 2.05) is 0 Å². The van der Waals surface area contributed by atoms with Crippen LogP contribution in [0.15, 0.2) is 23.4 Å². The first-order chi connectivity index (χ1) is 7.97. The van der Waals surface area contributed by atoms with E-state index in [2.05, 4.69) is 10.5 Å². The van der Waals surface area contributed by atoms with Gasteiger partial charge < -0.3 is 16.3 Å². The minimum absolute atomic E-state index is 0.00995. The van der Waals surface area contributed by atoms with Gasteiger partial charge in [0, 0.05) is 0 Å². The Hall–Kier alpha value is -1.82. The summed E-state index contributed by atoms with van der Waals surface area (Å²) in [5.41, 5.74) is 5.28. The van der Waals surface area contributed by atoms with E-state index >= 15 is 0 Å². The fraction of sp³-hybridized carbons (Fsp3) is 0.200. The molecular formula is C10H11ClFN3O2. The first kappa shape index (κ1) is 13.2. The van der Waals surface area contributed by atoms with Gasteiger partial charge in [-0.25, -0.2) is 4.39 Å². The Morgan fingerprint density at radius 2 is 2.29 bits per heavy atom. The summed E-state index contributed by atoms with van der Waals surface area (Å²) in [4.78, 5) is 11.7. The number of benzene rings is 1. The van der Waals surface area contributed by atoms with Crippen molar-refractivity contribution in [1.82, 2.24) is 5.32 Å². The molecule has 0 aliphatic heterocycles. The summed E-state index contributed by atoms with van der Waals surface area (Å²) in [6, 6.07) is 3.20. The molecule has 1 rings (SSSR count). The van der Waals surface area contributed by atoms with Crippen LogP contribution in [0.5, 0.6) is 0 Å². The van der Waals surface area contributed by atoms with Gasteiger partial charge in [-0.3, -0.25) is 4.79 Å². The van der Waals surface area contributed by atoms with E-state index in [0.717, 1.165) is 6.07 Å². The molecule has 92 valence electrons. The van der Waals surface area contributed by atoms with Crippen LogP contribution in [0, 0.1) is 5.82 Å². The molecule has 0 bridgehead atoms. The lowest BCUT2D eigenvalue weighted by molar-refractivity contribution is 0.0948. The van der Waals surface area contributed by atoms with Crippen LogP contribution >= 0.6 is 11.6 Å². The largest absolute Gasteiger partial charge is 0.409 e. The molecule has 0 saturated carbocycles. The molecule has 1 unspecified atom stereocenters. The van der Waals surface area contributed by atoms with Crippen molar-refractivity contribution in [2.75, 3.05) is 0 Å². The van der Waals surface area contributed by atoms with Crippen molar-refractivity contribution >= 4 is 23.3 Å². The number of hydrogen-bond donors (Lipinski definition) is 3. The fourth-order valence-electron chi connectivity index (χ4n) is 1.11. The number of amidine groups is 1. The van der Waals surface area contributed by atoms with Crippen molar-refractivity contribution < 1.29 is 14.4 Å². The van der Waals surface area contributed by atoms with E-state index < -0.39 is 17.8 Å². The standard InChI is InChI=1S/C10H11ClFN3O2/c1-5(9(13)15-17)14-10(16)6-3-2-4-7(12)8(6)11/h2-5,17H,1H3,(H2,13,15)(H,14,16). The second kappa shape index (κ2) is 5.49. The van der Waals surface area contributed by atoms with Crippen molar-refractivity contribution in [2.45, 2.75) is 13.0 Å². The van der Waals surface area contributed by atoms with Gasteiger partial charge in [-0.05, 0) is 19.1 Å². The molecule has 0 spiro atoms.